The largest absolute Gasteiger partial charge is 0.394 e. The highest BCUT2D eigenvalue weighted by atomic mass is 32.2. The maximum atomic E-state index is 11.0. The molecule has 12 heteroatoms. The van der Waals surface area contributed by atoms with Gasteiger partial charge in [-0.2, -0.15) is 20.2 Å². The van der Waals surface area contributed by atoms with E-state index in [0.29, 0.717) is 6.42 Å². The van der Waals surface area contributed by atoms with Crippen LogP contribution in [-0.4, -0.2) is 86.9 Å². The molecule has 0 aromatic carbocycles. The SMILES string of the molecule is CSCCCCC(=NS(=O)(=O)O)S[C@@H]1O[C@H](CO)[C@@H](O)[C@H](O)[C@H]1O. The summed E-state index contributed by atoms with van der Waals surface area (Å²) < 4.78 is 39.5. The molecule has 0 unspecified atom stereocenters. The summed E-state index contributed by atoms with van der Waals surface area (Å²) >= 11 is 2.37. The summed E-state index contributed by atoms with van der Waals surface area (Å²) in [6, 6.07) is 0. The van der Waals surface area contributed by atoms with Gasteiger partial charge in [-0.25, -0.2) is 0 Å². The van der Waals surface area contributed by atoms with Crippen LogP contribution in [0.2, 0.25) is 0 Å². The lowest BCUT2D eigenvalue weighted by Crippen LogP contribution is -2.57. The number of thioether (sulfide) groups is 2. The maximum absolute atomic E-state index is 11.0. The van der Waals surface area contributed by atoms with Crippen LogP contribution in [0.5, 0.6) is 0 Å². The van der Waals surface area contributed by atoms with E-state index in [1.54, 1.807) is 11.8 Å². The Hall–Kier alpha value is 0.0800. The first-order chi connectivity index (χ1) is 11.2. The van der Waals surface area contributed by atoms with Crippen molar-refractivity contribution >= 4 is 38.9 Å². The average Bonchev–Trinajstić information content (AvgIpc) is 2.50. The molecule has 5 N–H and O–H groups in total. The molecule has 9 nitrogen and oxygen atoms in total. The highest BCUT2D eigenvalue weighted by molar-refractivity contribution is 8.14. The first-order valence-electron chi connectivity index (χ1n) is 7.22. The minimum Gasteiger partial charge on any atom is -0.394 e. The zero-order valence-electron chi connectivity index (χ0n) is 13.1. The van der Waals surface area contributed by atoms with Gasteiger partial charge in [-0.1, -0.05) is 11.8 Å². The highest BCUT2D eigenvalue weighted by Gasteiger charge is 2.44. The molecule has 5 atom stereocenters. The van der Waals surface area contributed by atoms with Gasteiger partial charge in [-0.05, 0) is 31.3 Å². The fraction of sp³-hybridized carbons (Fsp3) is 0.917. The molecule has 0 bridgehead atoms. The van der Waals surface area contributed by atoms with Crippen molar-refractivity contribution in [2.75, 3.05) is 18.6 Å². The van der Waals surface area contributed by atoms with Crippen LogP contribution in [0.25, 0.3) is 0 Å². The van der Waals surface area contributed by atoms with E-state index in [-0.39, 0.29) is 11.5 Å². The molecular weight excluding hydrogens is 382 g/mol. The number of hydrogen-bond acceptors (Lipinski definition) is 9. The monoisotopic (exact) mass is 405 g/mol. The van der Waals surface area contributed by atoms with Crippen LogP contribution in [0.1, 0.15) is 19.3 Å². The summed E-state index contributed by atoms with van der Waals surface area (Å²) in [6.07, 6.45) is -2.06. The van der Waals surface area contributed by atoms with Crippen LogP contribution >= 0.6 is 23.5 Å². The van der Waals surface area contributed by atoms with E-state index < -0.39 is 46.8 Å². The van der Waals surface area contributed by atoms with E-state index in [4.69, 9.17) is 14.4 Å². The number of unbranched alkanes of at least 4 members (excludes halogenated alkanes) is 1. The van der Waals surface area contributed by atoms with Crippen LogP contribution in [0.15, 0.2) is 4.40 Å². The molecule has 0 spiro atoms. The van der Waals surface area contributed by atoms with Gasteiger partial charge in [0.15, 0.2) is 0 Å². The van der Waals surface area contributed by atoms with Crippen molar-refractivity contribution in [3.05, 3.63) is 0 Å². The molecule has 0 aliphatic carbocycles. The van der Waals surface area contributed by atoms with Crippen LogP contribution in [-0.2, 0) is 15.0 Å². The molecule has 0 radical (unpaired) electrons. The van der Waals surface area contributed by atoms with Crippen LogP contribution < -0.4 is 0 Å². The smallest absolute Gasteiger partial charge is 0.379 e. The number of ether oxygens (including phenoxy) is 1. The fourth-order valence-electron chi connectivity index (χ4n) is 2.08. The van der Waals surface area contributed by atoms with Gasteiger partial charge in [0.25, 0.3) is 0 Å². The van der Waals surface area contributed by atoms with E-state index in [9.17, 15) is 23.7 Å². The molecular formula is C12H23NO8S3. The summed E-state index contributed by atoms with van der Waals surface area (Å²) in [4.78, 5) is 0. The lowest BCUT2D eigenvalue weighted by molar-refractivity contribution is -0.205. The van der Waals surface area contributed by atoms with Crippen molar-refractivity contribution in [3.63, 3.8) is 0 Å². The van der Waals surface area contributed by atoms with Crippen molar-refractivity contribution in [1.82, 2.24) is 0 Å². The Kier molecular flexibility index (Phi) is 9.48. The van der Waals surface area contributed by atoms with E-state index in [2.05, 4.69) is 4.40 Å². The van der Waals surface area contributed by atoms with Gasteiger partial charge in [0.05, 0.1) is 11.7 Å². The summed E-state index contributed by atoms with van der Waals surface area (Å²) in [7, 11) is -4.61. The molecule has 1 saturated heterocycles. The summed E-state index contributed by atoms with van der Waals surface area (Å²) in [5.74, 6) is 0.879. The second-order valence-corrected chi connectivity index (χ2v) is 8.43. The number of aliphatic hydroxyl groups is 4. The Morgan fingerprint density at radius 3 is 2.38 bits per heavy atom. The van der Waals surface area contributed by atoms with E-state index >= 15 is 0 Å². The lowest BCUT2D eigenvalue weighted by Gasteiger charge is -2.39. The Morgan fingerprint density at radius 1 is 1.17 bits per heavy atom. The molecule has 24 heavy (non-hydrogen) atoms. The van der Waals surface area contributed by atoms with Crippen LogP contribution in [0.3, 0.4) is 0 Å². The first kappa shape index (κ1) is 22.1. The van der Waals surface area contributed by atoms with Gasteiger partial charge in [0.2, 0.25) is 0 Å². The maximum Gasteiger partial charge on any atom is 0.379 e. The lowest BCUT2D eigenvalue weighted by atomic mass is 10.0. The molecule has 1 rings (SSSR count). The Balaban J connectivity index is 2.82. The summed E-state index contributed by atoms with van der Waals surface area (Å²) in [6.45, 7) is -0.583. The number of aliphatic hydroxyl groups excluding tert-OH is 4. The van der Waals surface area contributed by atoms with Gasteiger partial charge in [0, 0.05) is 0 Å². The average molecular weight is 406 g/mol. The zero-order valence-corrected chi connectivity index (χ0v) is 15.5. The molecule has 0 amide bonds. The quantitative estimate of drug-likeness (QED) is 0.151. The number of nitrogens with zero attached hydrogens (tertiary/aromatic N) is 1. The van der Waals surface area contributed by atoms with Gasteiger partial charge in [0.1, 0.15) is 29.9 Å². The molecule has 1 aliphatic heterocycles. The minimum atomic E-state index is -4.61. The molecule has 1 aliphatic rings. The molecule has 0 saturated carbocycles. The van der Waals surface area contributed by atoms with Gasteiger partial charge < -0.3 is 25.2 Å². The summed E-state index contributed by atoms with van der Waals surface area (Å²) in [5, 5.41) is 38.6. The van der Waals surface area contributed by atoms with Gasteiger partial charge in [-0.15, -0.1) is 4.40 Å². The predicted octanol–water partition coefficient (Wildman–Crippen LogP) is -0.746. The zero-order chi connectivity index (χ0) is 18.3. The fourth-order valence-corrected chi connectivity index (χ4v) is 4.40. The Morgan fingerprint density at radius 2 is 1.83 bits per heavy atom. The van der Waals surface area contributed by atoms with Crippen molar-refractivity contribution in [2.24, 2.45) is 4.40 Å². The molecule has 142 valence electrons. The Bertz CT molecular complexity index is 512. The van der Waals surface area contributed by atoms with Crippen LogP contribution in [0, 0.1) is 0 Å². The standard InChI is InChI=1S/C12H23NO8S3/c1-22-5-3-2-4-8(13-24(18,19)20)23-12-11(17)10(16)9(15)7(6-14)21-12/h7,9-12,14-17H,2-6H2,1H3,(H,18,19,20)/t7-,9-,10+,11-,12+/m1/s1. The molecule has 1 fully saturated rings. The first-order valence-corrected chi connectivity index (χ1v) is 10.9. The number of rotatable bonds is 8. The van der Waals surface area contributed by atoms with Crippen molar-refractivity contribution in [3.8, 4) is 0 Å². The number of hydrogen-bond donors (Lipinski definition) is 5. The van der Waals surface area contributed by atoms with Gasteiger partial charge in [-0.3, -0.25) is 4.55 Å². The van der Waals surface area contributed by atoms with Crippen molar-refractivity contribution in [2.45, 2.75) is 49.1 Å². The molecule has 0 aromatic heterocycles. The third kappa shape index (κ3) is 7.14. The van der Waals surface area contributed by atoms with E-state index in [1.165, 1.54) is 0 Å². The second kappa shape index (κ2) is 10.3. The van der Waals surface area contributed by atoms with E-state index in [1.807, 2.05) is 6.26 Å². The highest BCUT2D eigenvalue weighted by Crippen LogP contribution is 2.30. The second-order valence-electron chi connectivity index (χ2n) is 5.20. The van der Waals surface area contributed by atoms with Crippen molar-refractivity contribution < 1.29 is 38.1 Å². The van der Waals surface area contributed by atoms with Crippen molar-refractivity contribution in [1.29, 1.82) is 0 Å². The molecule has 0 aromatic rings. The summed E-state index contributed by atoms with van der Waals surface area (Å²) in [5.41, 5.74) is -1.14. The van der Waals surface area contributed by atoms with Gasteiger partial charge >= 0.3 is 10.3 Å². The predicted molar refractivity (Wildman–Crippen MR) is 92.6 cm³/mol. The third-order valence-electron chi connectivity index (χ3n) is 3.31. The van der Waals surface area contributed by atoms with Crippen LogP contribution in [0.4, 0.5) is 0 Å². The molecule has 1 heterocycles. The minimum absolute atomic E-state index is 0.0166. The Labute approximate surface area is 149 Å². The third-order valence-corrected chi connectivity index (χ3v) is 5.76. The van der Waals surface area contributed by atoms with E-state index in [0.717, 1.165) is 23.9 Å². The normalized spacial score (nSPS) is 32.1. The topological polar surface area (TPSA) is 157 Å².